The monoisotopic (exact) mass is 394 g/mol. The second kappa shape index (κ2) is 6.26. The molecule has 0 aromatic heterocycles. The van der Waals surface area contributed by atoms with Crippen LogP contribution in [-0.4, -0.2) is 60.6 Å². The van der Waals surface area contributed by atoms with Crippen molar-refractivity contribution in [1.29, 1.82) is 0 Å². The van der Waals surface area contributed by atoms with E-state index in [1.54, 1.807) is 0 Å². The summed E-state index contributed by atoms with van der Waals surface area (Å²) in [5, 5.41) is 0. The number of benzene rings is 2. The number of nitrogens with zero attached hydrogens (tertiary/aromatic N) is 2. The fourth-order valence-corrected chi connectivity index (χ4v) is 3.32. The van der Waals surface area contributed by atoms with Crippen molar-refractivity contribution in [2.45, 2.75) is 0 Å². The van der Waals surface area contributed by atoms with Crippen LogP contribution >= 0.6 is 0 Å². The maximum absolute atomic E-state index is 12.6. The van der Waals surface area contributed by atoms with E-state index >= 15 is 0 Å². The van der Waals surface area contributed by atoms with E-state index in [4.69, 9.17) is 9.47 Å². The maximum atomic E-state index is 12.6. The molecule has 9 heteroatoms. The molecule has 4 amide bonds. The number of fused-ring (bicyclic) bond motifs is 2. The minimum absolute atomic E-state index is 0.0154. The Hall–Kier alpha value is -4.01. The second-order valence-corrected chi connectivity index (χ2v) is 6.51. The van der Waals surface area contributed by atoms with Crippen molar-refractivity contribution in [3.63, 3.8) is 0 Å². The fourth-order valence-electron chi connectivity index (χ4n) is 3.32. The smallest absolute Gasteiger partial charge is 0.343 e. The summed E-state index contributed by atoms with van der Waals surface area (Å²) in [5.74, 6) is -2.90. The normalized spacial score (nSPS) is 15.0. The minimum Gasteiger partial charge on any atom is -0.492 e. The third-order valence-electron chi connectivity index (χ3n) is 4.91. The number of esters is 1. The SMILES string of the molecule is COc1c(OC(=O)c2ccc3c(c2)C(=O)N(C)C3=O)ccc2c1C(=O)N(C)C2=O. The number of carbonyl (C=O) groups excluding carboxylic acids is 5. The van der Waals surface area contributed by atoms with Crippen LogP contribution in [0.1, 0.15) is 51.8 Å². The third-order valence-corrected chi connectivity index (χ3v) is 4.91. The van der Waals surface area contributed by atoms with E-state index in [-0.39, 0.29) is 39.3 Å². The van der Waals surface area contributed by atoms with Crippen molar-refractivity contribution in [2.75, 3.05) is 21.2 Å². The molecule has 0 aliphatic carbocycles. The molecule has 2 heterocycles. The molecular formula is C20H14N2O7. The lowest BCUT2D eigenvalue weighted by Gasteiger charge is -2.12. The number of hydrogen-bond donors (Lipinski definition) is 0. The Balaban J connectivity index is 1.69. The Morgan fingerprint density at radius 1 is 0.793 bits per heavy atom. The number of amides is 4. The molecule has 0 saturated carbocycles. The van der Waals surface area contributed by atoms with Crippen molar-refractivity contribution >= 4 is 29.6 Å². The van der Waals surface area contributed by atoms with Crippen LogP contribution in [0.3, 0.4) is 0 Å². The van der Waals surface area contributed by atoms with Crippen LogP contribution in [0.4, 0.5) is 0 Å². The molecule has 0 atom stereocenters. The van der Waals surface area contributed by atoms with E-state index in [1.165, 1.54) is 51.5 Å². The number of rotatable bonds is 3. The predicted octanol–water partition coefficient (Wildman–Crippen LogP) is 1.37. The average Bonchev–Trinajstić information content (AvgIpc) is 3.08. The Labute approximate surface area is 164 Å². The zero-order valence-corrected chi connectivity index (χ0v) is 15.6. The first kappa shape index (κ1) is 18.4. The number of ether oxygens (including phenoxy) is 2. The number of hydrogen-bond acceptors (Lipinski definition) is 7. The van der Waals surface area contributed by atoms with E-state index in [9.17, 15) is 24.0 Å². The molecule has 146 valence electrons. The predicted molar refractivity (Wildman–Crippen MR) is 97.2 cm³/mol. The number of carbonyl (C=O) groups is 5. The Morgan fingerprint density at radius 2 is 1.38 bits per heavy atom. The third kappa shape index (κ3) is 2.51. The zero-order chi connectivity index (χ0) is 21.0. The second-order valence-electron chi connectivity index (χ2n) is 6.51. The molecule has 2 aromatic carbocycles. The summed E-state index contributed by atoms with van der Waals surface area (Å²) in [5.41, 5.74) is 0.523. The first-order chi connectivity index (χ1) is 13.8. The Morgan fingerprint density at radius 3 is 2.07 bits per heavy atom. The van der Waals surface area contributed by atoms with Gasteiger partial charge < -0.3 is 9.47 Å². The van der Waals surface area contributed by atoms with E-state index in [0.717, 1.165) is 9.80 Å². The summed E-state index contributed by atoms with van der Waals surface area (Å²) in [6, 6.07) is 6.77. The van der Waals surface area contributed by atoms with Gasteiger partial charge in [0.1, 0.15) is 0 Å². The summed E-state index contributed by atoms with van der Waals surface area (Å²) in [6.07, 6.45) is 0. The summed E-state index contributed by atoms with van der Waals surface area (Å²) in [6.45, 7) is 0. The molecule has 0 unspecified atom stereocenters. The molecule has 4 rings (SSSR count). The summed E-state index contributed by atoms with van der Waals surface area (Å²) < 4.78 is 10.6. The van der Waals surface area contributed by atoms with Crippen LogP contribution in [0, 0.1) is 0 Å². The van der Waals surface area contributed by atoms with Crippen LogP contribution in [0.25, 0.3) is 0 Å². The minimum atomic E-state index is -0.814. The van der Waals surface area contributed by atoms with Gasteiger partial charge in [0.2, 0.25) is 0 Å². The van der Waals surface area contributed by atoms with E-state index in [1.807, 2.05) is 0 Å². The van der Waals surface area contributed by atoms with Gasteiger partial charge in [-0.1, -0.05) is 0 Å². The highest BCUT2D eigenvalue weighted by molar-refractivity contribution is 6.23. The zero-order valence-electron chi connectivity index (χ0n) is 15.6. The fraction of sp³-hybridized carbons (Fsp3) is 0.150. The highest BCUT2D eigenvalue weighted by Gasteiger charge is 2.38. The van der Waals surface area contributed by atoms with Crippen molar-refractivity contribution in [3.05, 3.63) is 58.1 Å². The van der Waals surface area contributed by atoms with Gasteiger partial charge in [-0.25, -0.2) is 4.79 Å². The number of imide groups is 2. The molecule has 2 aliphatic rings. The van der Waals surface area contributed by atoms with Crippen LogP contribution in [0.2, 0.25) is 0 Å². The van der Waals surface area contributed by atoms with Crippen molar-refractivity contribution in [1.82, 2.24) is 9.80 Å². The molecule has 0 spiro atoms. The molecule has 0 bridgehead atoms. The van der Waals surface area contributed by atoms with Crippen LogP contribution in [-0.2, 0) is 0 Å². The Kier molecular flexibility index (Phi) is 3.97. The van der Waals surface area contributed by atoms with Crippen LogP contribution < -0.4 is 9.47 Å². The topological polar surface area (TPSA) is 110 Å². The van der Waals surface area contributed by atoms with Gasteiger partial charge in [-0.3, -0.25) is 29.0 Å². The molecule has 0 N–H and O–H groups in total. The van der Waals surface area contributed by atoms with E-state index < -0.39 is 29.6 Å². The van der Waals surface area contributed by atoms with Crippen molar-refractivity contribution in [2.24, 2.45) is 0 Å². The molecular weight excluding hydrogens is 380 g/mol. The highest BCUT2D eigenvalue weighted by atomic mass is 16.6. The van der Waals surface area contributed by atoms with Crippen LogP contribution in [0.15, 0.2) is 30.3 Å². The van der Waals surface area contributed by atoms with Gasteiger partial charge in [-0.2, -0.15) is 0 Å². The van der Waals surface area contributed by atoms with Gasteiger partial charge >= 0.3 is 5.97 Å². The molecule has 2 aromatic rings. The maximum Gasteiger partial charge on any atom is 0.343 e. The largest absolute Gasteiger partial charge is 0.492 e. The first-order valence-electron chi connectivity index (χ1n) is 8.48. The lowest BCUT2D eigenvalue weighted by molar-refractivity contribution is 0.0676. The molecule has 0 saturated heterocycles. The number of methoxy groups -OCH3 is 1. The summed E-state index contributed by atoms with van der Waals surface area (Å²) in [4.78, 5) is 63.0. The molecule has 9 nitrogen and oxygen atoms in total. The first-order valence-corrected chi connectivity index (χ1v) is 8.48. The van der Waals surface area contributed by atoms with E-state index in [0.29, 0.717) is 0 Å². The lowest BCUT2D eigenvalue weighted by atomic mass is 10.1. The van der Waals surface area contributed by atoms with Gasteiger partial charge in [0.15, 0.2) is 11.5 Å². The van der Waals surface area contributed by atoms with Gasteiger partial charge in [-0.15, -0.1) is 0 Å². The van der Waals surface area contributed by atoms with Gasteiger partial charge in [0.05, 0.1) is 34.9 Å². The van der Waals surface area contributed by atoms with Crippen LogP contribution in [0.5, 0.6) is 11.5 Å². The standard InChI is InChI=1S/C20H14N2O7/c1-21-16(23)10-5-4-9(8-12(10)18(21)25)20(27)29-13-7-6-11-14(15(13)28-3)19(26)22(2)17(11)24/h4-8H,1-3H3. The molecule has 0 fully saturated rings. The van der Waals surface area contributed by atoms with Gasteiger partial charge in [-0.05, 0) is 30.3 Å². The lowest BCUT2D eigenvalue weighted by Crippen LogP contribution is -2.24. The van der Waals surface area contributed by atoms with Gasteiger partial charge in [0.25, 0.3) is 23.6 Å². The Bertz CT molecular complexity index is 1150. The molecule has 0 radical (unpaired) electrons. The summed E-state index contributed by atoms with van der Waals surface area (Å²) >= 11 is 0. The highest BCUT2D eigenvalue weighted by Crippen LogP contribution is 2.38. The average molecular weight is 394 g/mol. The quantitative estimate of drug-likeness (QED) is 0.439. The molecule has 2 aliphatic heterocycles. The van der Waals surface area contributed by atoms with Crippen molar-refractivity contribution in [3.8, 4) is 11.5 Å². The van der Waals surface area contributed by atoms with E-state index in [2.05, 4.69) is 0 Å². The molecule has 29 heavy (non-hydrogen) atoms. The summed E-state index contributed by atoms with van der Waals surface area (Å²) in [7, 11) is 3.99. The van der Waals surface area contributed by atoms with Crippen molar-refractivity contribution < 1.29 is 33.4 Å². The van der Waals surface area contributed by atoms with Gasteiger partial charge in [0, 0.05) is 14.1 Å².